The Kier molecular flexibility index (Phi) is 6.29. The van der Waals surface area contributed by atoms with Crippen LogP contribution in [0.25, 0.3) is 5.76 Å². The normalized spacial score (nSPS) is 21.5. The second kappa shape index (κ2) is 9.28. The molecule has 8 heteroatoms. The van der Waals surface area contributed by atoms with Gasteiger partial charge in [-0.05, 0) is 24.3 Å². The van der Waals surface area contributed by atoms with Gasteiger partial charge in [0.15, 0.2) is 0 Å². The number of hydrogen-bond donors (Lipinski definition) is 2. The Hall–Kier alpha value is -3.23. The van der Waals surface area contributed by atoms with E-state index in [1.54, 1.807) is 48.7 Å². The molecule has 2 fully saturated rings. The van der Waals surface area contributed by atoms with E-state index in [1.165, 1.54) is 16.9 Å². The van der Waals surface area contributed by atoms with Crippen molar-refractivity contribution in [2.45, 2.75) is 6.04 Å². The summed E-state index contributed by atoms with van der Waals surface area (Å²) in [7, 11) is 1.53. The molecule has 8 nitrogen and oxygen atoms in total. The fraction of sp³-hybridized carbons (Fsp3) is 0.348. The average molecular weight is 424 g/mol. The first-order valence-electron chi connectivity index (χ1n) is 10.3. The third kappa shape index (κ3) is 4.30. The van der Waals surface area contributed by atoms with Gasteiger partial charge in [-0.1, -0.05) is 18.2 Å². The van der Waals surface area contributed by atoms with Crippen LogP contribution in [0.5, 0.6) is 5.75 Å². The van der Waals surface area contributed by atoms with Crippen molar-refractivity contribution in [3.63, 3.8) is 0 Å². The van der Waals surface area contributed by atoms with Gasteiger partial charge in [-0.15, -0.1) is 0 Å². The van der Waals surface area contributed by atoms with Crippen molar-refractivity contribution >= 4 is 17.4 Å². The first kappa shape index (κ1) is 21.0. The lowest BCUT2D eigenvalue weighted by atomic mass is 9.98. The monoisotopic (exact) mass is 424 g/mol. The molecule has 31 heavy (non-hydrogen) atoms. The van der Waals surface area contributed by atoms with E-state index in [1.807, 2.05) is 0 Å². The van der Waals surface area contributed by atoms with E-state index in [0.29, 0.717) is 43.3 Å². The Morgan fingerprint density at radius 2 is 2.03 bits per heavy atom. The number of rotatable bonds is 6. The number of quaternary nitrogens is 1. The number of aliphatic hydroxyl groups excluding tert-OH is 1. The maximum atomic E-state index is 13.0. The smallest absolute Gasteiger partial charge is 0.295 e. The number of nitrogens with one attached hydrogen (secondary N) is 1. The number of aromatic nitrogens is 1. The van der Waals surface area contributed by atoms with E-state index < -0.39 is 17.7 Å². The van der Waals surface area contributed by atoms with Gasteiger partial charge >= 0.3 is 0 Å². The fourth-order valence-corrected chi connectivity index (χ4v) is 4.07. The number of Topliss-reactive ketones (excluding diaryl/α,β-unsaturated/α-hetero) is 1. The third-order valence-electron chi connectivity index (χ3n) is 5.76. The largest absolute Gasteiger partial charge is 0.507 e. The molecule has 3 heterocycles. The molecule has 0 radical (unpaired) electrons. The summed E-state index contributed by atoms with van der Waals surface area (Å²) in [5, 5.41) is 11.1. The lowest BCUT2D eigenvalue weighted by Crippen LogP contribution is -3.14. The van der Waals surface area contributed by atoms with Gasteiger partial charge in [0.1, 0.15) is 30.6 Å². The van der Waals surface area contributed by atoms with Crippen LogP contribution in [0.15, 0.2) is 54.2 Å². The van der Waals surface area contributed by atoms with E-state index in [9.17, 15) is 14.7 Å². The van der Waals surface area contributed by atoms with Gasteiger partial charge < -0.3 is 24.4 Å². The SMILES string of the molecule is COc1cccc(C(O)=C2C(=O)C(=O)N(CC[NH+]3CCOCC3)[C@H]2c2ccccn2)c1. The van der Waals surface area contributed by atoms with E-state index in [0.717, 1.165) is 13.1 Å². The zero-order chi connectivity index (χ0) is 21.8. The predicted octanol–water partition coefficient (Wildman–Crippen LogP) is 0.427. The number of pyridine rings is 1. The number of morpholine rings is 1. The standard InChI is InChI=1S/C23H25N3O5/c1-30-17-6-4-5-16(15-17)21(27)19-20(18-7-2-3-8-24-18)26(23(29)22(19)28)10-9-25-11-13-31-14-12-25/h2-8,15,20,27H,9-14H2,1H3/p+1/t20-/m0/s1. The molecule has 2 aliphatic heterocycles. The van der Waals surface area contributed by atoms with Crippen molar-refractivity contribution in [3.8, 4) is 5.75 Å². The Morgan fingerprint density at radius 3 is 2.74 bits per heavy atom. The van der Waals surface area contributed by atoms with E-state index >= 15 is 0 Å². The number of ketones is 1. The lowest BCUT2D eigenvalue weighted by molar-refractivity contribution is -0.907. The van der Waals surface area contributed by atoms with Crippen LogP contribution in [-0.2, 0) is 14.3 Å². The molecule has 4 rings (SSSR count). The summed E-state index contributed by atoms with van der Waals surface area (Å²) < 4.78 is 10.6. The molecule has 1 atom stereocenters. The topological polar surface area (TPSA) is 93.4 Å². The number of benzene rings is 1. The van der Waals surface area contributed by atoms with Crippen molar-refractivity contribution in [2.75, 3.05) is 46.5 Å². The molecule has 0 bridgehead atoms. The summed E-state index contributed by atoms with van der Waals surface area (Å²) >= 11 is 0. The molecule has 2 aromatic rings. The maximum absolute atomic E-state index is 13.0. The second-order valence-corrected chi connectivity index (χ2v) is 7.59. The number of likely N-dealkylation sites (tertiary alicyclic amines) is 1. The molecule has 0 spiro atoms. The van der Waals surface area contributed by atoms with Gasteiger partial charge in [0, 0.05) is 11.8 Å². The summed E-state index contributed by atoms with van der Waals surface area (Å²) in [6.45, 7) is 4.18. The number of carbonyl (C=O) groups is 2. The predicted molar refractivity (Wildman–Crippen MR) is 113 cm³/mol. The van der Waals surface area contributed by atoms with E-state index in [-0.39, 0.29) is 11.3 Å². The number of methoxy groups -OCH3 is 1. The van der Waals surface area contributed by atoms with Gasteiger partial charge in [0.25, 0.3) is 11.7 Å². The minimum atomic E-state index is -0.743. The average Bonchev–Trinajstić information content (AvgIpc) is 3.08. The second-order valence-electron chi connectivity index (χ2n) is 7.59. The molecule has 2 N–H and O–H groups in total. The molecule has 0 saturated carbocycles. The highest BCUT2D eigenvalue weighted by atomic mass is 16.5. The van der Waals surface area contributed by atoms with Crippen LogP contribution in [0.4, 0.5) is 0 Å². The van der Waals surface area contributed by atoms with Crippen molar-refractivity contribution < 1.29 is 29.1 Å². The number of amides is 1. The highest BCUT2D eigenvalue weighted by molar-refractivity contribution is 6.46. The van der Waals surface area contributed by atoms with Crippen LogP contribution in [0.2, 0.25) is 0 Å². The van der Waals surface area contributed by atoms with Crippen LogP contribution in [0.3, 0.4) is 0 Å². The number of hydrogen-bond acceptors (Lipinski definition) is 6. The summed E-state index contributed by atoms with van der Waals surface area (Å²) in [5.74, 6) is -1.00. The quantitative estimate of drug-likeness (QED) is 0.397. The summed E-state index contributed by atoms with van der Waals surface area (Å²) in [6, 6.07) is 11.4. The first-order valence-corrected chi connectivity index (χ1v) is 10.3. The molecule has 1 aromatic carbocycles. The third-order valence-corrected chi connectivity index (χ3v) is 5.76. The zero-order valence-electron chi connectivity index (χ0n) is 17.4. The molecular formula is C23H26N3O5+. The van der Waals surface area contributed by atoms with E-state index in [4.69, 9.17) is 9.47 Å². The number of nitrogens with zero attached hydrogens (tertiary/aromatic N) is 2. The fourth-order valence-electron chi connectivity index (χ4n) is 4.07. The Labute approximate surface area is 180 Å². The molecule has 162 valence electrons. The summed E-state index contributed by atoms with van der Waals surface area (Å²) in [4.78, 5) is 33.2. The van der Waals surface area contributed by atoms with Gasteiger partial charge in [-0.3, -0.25) is 14.6 Å². The van der Waals surface area contributed by atoms with Gasteiger partial charge in [0.2, 0.25) is 0 Å². The minimum absolute atomic E-state index is 0.0499. The zero-order valence-corrected chi connectivity index (χ0v) is 17.4. The van der Waals surface area contributed by atoms with Crippen LogP contribution in [0.1, 0.15) is 17.3 Å². The van der Waals surface area contributed by atoms with Gasteiger partial charge in [-0.2, -0.15) is 0 Å². The van der Waals surface area contributed by atoms with Crippen LogP contribution in [0, 0.1) is 0 Å². The highest BCUT2D eigenvalue weighted by Gasteiger charge is 2.47. The van der Waals surface area contributed by atoms with Crippen LogP contribution in [-0.4, -0.2) is 73.2 Å². The summed E-state index contributed by atoms with van der Waals surface area (Å²) in [6.07, 6.45) is 1.62. The number of carbonyl (C=O) groups excluding carboxylic acids is 2. The van der Waals surface area contributed by atoms with Crippen molar-refractivity contribution in [2.24, 2.45) is 0 Å². The lowest BCUT2D eigenvalue weighted by Gasteiger charge is -2.28. The van der Waals surface area contributed by atoms with Gasteiger partial charge in [-0.25, -0.2) is 0 Å². The molecule has 1 aromatic heterocycles. The Morgan fingerprint density at radius 1 is 1.23 bits per heavy atom. The number of ether oxygens (including phenoxy) is 2. The maximum Gasteiger partial charge on any atom is 0.295 e. The molecule has 2 saturated heterocycles. The van der Waals surface area contributed by atoms with Crippen molar-refractivity contribution in [1.29, 1.82) is 0 Å². The van der Waals surface area contributed by atoms with Gasteiger partial charge in [0.05, 0.1) is 44.7 Å². The van der Waals surface area contributed by atoms with Crippen LogP contribution >= 0.6 is 0 Å². The Balaban J connectivity index is 1.72. The molecular weight excluding hydrogens is 398 g/mol. The van der Waals surface area contributed by atoms with Crippen molar-refractivity contribution in [3.05, 3.63) is 65.5 Å². The summed E-state index contributed by atoms with van der Waals surface area (Å²) in [5.41, 5.74) is 1.01. The van der Waals surface area contributed by atoms with Crippen LogP contribution < -0.4 is 9.64 Å². The first-order chi connectivity index (χ1) is 15.1. The molecule has 1 amide bonds. The Bertz CT molecular complexity index is 986. The molecule has 0 unspecified atom stereocenters. The highest BCUT2D eigenvalue weighted by Crippen LogP contribution is 2.38. The molecule has 0 aliphatic carbocycles. The molecule has 2 aliphatic rings. The van der Waals surface area contributed by atoms with E-state index in [2.05, 4.69) is 4.98 Å². The van der Waals surface area contributed by atoms with Crippen molar-refractivity contribution in [1.82, 2.24) is 9.88 Å². The number of aliphatic hydroxyl groups is 1. The minimum Gasteiger partial charge on any atom is -0.507 e.